The van der Waals surface area contributed by atoms with Gasteiger partial charge in [-0.1, -0.05) is 6.58 Å². The number of nitrogens with zero attached hydrogens (tertiary/aromatic N) is 3. The fourth-order valence-electron chi connectivity index (χ4n) is 3.07. The average Bonchev–Trinajstić information content (AvgIpc) is 3.09. The Hall–Kier alpha value is -2.98. The lowest BCUT2D eigenvalue weighted by Crippen LogP contribution is -2.41. The molecule has 156 valence electrons. The molecular weight excluding hydrogens is 402 g/mol. The van der Waals surface area contributed by atoms with Crippen LogP contribution in [0.25, 0.3) is 0 Å². The third kappa shape index (κ3) is 4.54. The highest BCUT2D eigenvalue weighted by atomic mass is 19.4. The number of carbonyl (C=O) groups is 1. The monoisotopic (exact) mass is 418 g/mol. The van der Waals surface area contributed by atoms with E-state index in [1.165, 1.54) is 17.0 Å². The van der Waals surface area contributed by atoms with E-state index in [2.05, 4.69) is 17.0 Å². The fraction of sp³-hybridized carbons (Fsp3) is 0.333. The van der Waals surface area contributed by atoms with Gasteiger partial charge in [0, 0.05) is 37.3 Å². The summed E-state index contributed by atoms with van der Waals surface area (Å²) in [5, 5.41) is 6.16. The Morgan fingerprint density at radius 2 is 1.79 bits per heavy atom. The molecule has 11 heteroatoms. The van der Waals surface area contributed by atoms with Crippen molar-refractivity contribution < 1.29 is 31.1 Å². The van der Waals surface area contributed by atoms with Gasteiger partial charge < -0.3 is 10.2 Å². The molecule has 1 atom stereocenters. The molecule has 0 bridgehead atoms. The number of hydrogen-bond acceptors (Lipinski definition) is 3. The van der Waals surface area contributed by atoms with Gasteiger partial charge in [0.05, 0.1) is 5.56 Å². The second-order valence-electron chi connectivity index (χ2n) is 6.54. The SMILES string of the molecule is C=CC(=O)NC[C@@H]1CN(c2ccc(C(F)(F)F)cc2)c2cc(C(F)(F)F)nn2C1. The van der Waals surface area contributed by atoms with Crippen molar-refractivity contribution in [2.24, 2.45) is 5.92 Å². The van der Waals surface area contributed by atoms with Crippen LogP contribution in [-0.4, -0.2) is 28.8 Å². The lowest BCUT2D eigenvalue weighted by Gasteiger charge is -2.34. The summed E-state index contributed by atoms with van der Waals surface area (Å²) in [6, 6.07) is 4.97. The van der Waals surface area contributed by atoms with Gasteiger partial charge in [0.15, 0.2) is 5.69 Å². The summed E-state index contributed by atoms with van der Waals surface area (Å²) in [6.07, 6.45) is -8.12. The van der Waals surface area contributed by atoms with Crippen LogP contribution in [0.2, 0.25) is 0 Å². The molecule has 0 spiro atoms. The summed E-state index contributed by atoms with van der Waals surface area (Å²) in [5.41, 5.74) is -1.68. The highest BCUT2D eigenvalue weighted by molar-refractivity contribution is 5.86. The summed E-state index contributed by atoms with van der Waals surface area (Å²) in [7, 11) is 0. The topological polar surface area (TPSA) is 50.2 Å². The first-order valence-corrected chi connectivity index (χ1v) is 8.49. The maximum Gasteiger partial charge on any atom is 0.435 e. The van der Waals surface area contributed by atoms with Crippen molar-refractivity contribution in [3.63, 3.8) is 0 Å². The third-order valence-corrected chi connectivity index (χ3v) is 4.45. The van der Waals surface area contributed by atoms with Crippen LogP contribution in [0, 0.1) is 5.92 Å². The third-order valence-electron chi connectivity index (χ3n) is 4.45. The quantitative estimate of drug-likeness (QED) is 0.604. The van der Waals surface area contributed by atoms with E-state index in [4.69, 9.17) is 0 Å². The lowest BCUT2D eigenvalue weighted by atomic mass is 10.1. The van der Waals surface area contributed by atoms with Gasteiger partial charge in [0.25, 0.3) is 0 Å². The van der Waals surface area contributed by atoms with Crippen LogP contribution < -0.4 is 10.2 Å². The Bertz CT molecular complexity index is 901. The van der Waals surface area contributed by atoms with Gasteiger partial charge in [0.1, 0.15) is 5.82 Å². The molecule has 2 heterocycles. The molecule has 29 heavy (non-hydrogen) atoms. The molecule has 1 aromatic heterocycles. The normalized spacial score (nSPS) is 17.0. The van der Waals surface area contributed by atoms with Crippen molar-refractivity contribution in [1.29, 1.82) is 0 Å². The number of anilines is 2. The Kier molecular flexibility index (Phi) is 5.33. The molecule has 1 aliphatic heterocycles. The van der Waals surface area contributed by atoms with Crippen LogP contribution in [-0.2, 0) is 23.7 Å². The highest BCUT2D eigenvalue weighted by Gasteiger charge is 2.38. The van der Waals surface area contributed by atoms with Crippen LogP contribution in [0.1, 0.15) is 11.3 Å². The number of hydrogen-bond donors (Lipinski definition) is 1. The van der Waals surface area contributed by atoms with E-state index < -0.39 is 29.5 Å². The van der Waals surface area contributed by atoms with Crippen LogP contribution in [0.15, 0.2) is 43.0 Å². The standard InChI is InChI=1S/C18H16F6N4O/c1-2-15(29)25-8-11-9-27(13-5-3-12(4-6-13)17(19,20)21)16-7-14(18(22,23)24)26-28(16)10-11/h2-7,11H,1,8-10H2,(H,25,29)/t11-/m1/s1. The van der Waals surface area contributed by atoms with Crippen LogP contribution in [0.5, 0.6) is 0 Å². The molecule has 1 N–H and O–H groups in total. The molecule has 1 amide bonds. The summed E-state index contributed by atoms with van der Waals surface area (Å²) in [5.74, 6) is -0.647. The van der Waals surface area contributed by atoms with Crippen LogP contribution in [0.3, 0.4) is 0 Å². The van der Waals surface area contributed by atoms with E-state index in [0.717, 1.165) is 29.0 Å². The van der Waals surface area contributed by atoms with Crippen molar-refractivity contribution in [1.82, 2.24) is 15.1 Å². The van der Waals surface area contributed by atoms with E-state index in [9.17, 15) is 31.1 Å². The predicted molar refractivity (Wildman–Crippen MR) is 92.4 cm³/mol. The van der Waals surface area contributed by atoms with E-state index in [1.807, 2.05) is 0 Å². The molecule has 0 radical (unpaired) electrons. The summed E-state index contributed by atoms with van der Waals surface area (Å²) in [6.45, 7) is 3.76. The first-order chi connectivity index (χ1) is 13.5. The van der Waals surface area contributed by atoms with Gasteiger partial charge in [-0.3, -0.25) is 4.79 Å². The minimum Gasteiger partial charge on any atom is -0.352 e. The fourth-order valence-corrected chi connectivity index (χ4v) is 3.07. The molecule has 0 aliphatic carbocycles. The maximum atomic E-state index is 13.1. The number of nitrogens with one attached hydrogen (secondary N) is 1. The van der Waals surface area contributed by atoms with Crippen LogP contribution in [0.4, 0.5) is 37.8 Å². The van der Waals surface area contributed by atoms with Gasteiger partial charge in [-0.2, -0.15) is 31.4 Å². The van der Waals surface area contributed by atoms with Crippen molar-refractivity contribution in [2.45, 2.75) is 18.9 Å². The molecule has 2 aromatic rings. The van der Waals surface area contributed by atoms with Gasteiger partial charge in [-0.25, -0.2) is 4.68 Å². The number of alkyl halides is 6. The summed E-state index contributed by atoms with van der Waals surface area (Å²) < 4.78 is 78.9. The Morgan fingerprint density at radius 1 is 1.14 bits per heavy atom. The van der Waals surface area contributed by atoms with E-state index in [1.54, 1.807) is 0 Å². The highest BCUT2D eigenvalue weighted by Crippen LogP contribution is 2.37. The Labute approximate surface area is 161 Å². The second-order valence-corrected chi connectivity index (χ2v) is 6.54. The van der Waals surface area contributed by atoms with E-state index in [0.29, 0.717) is 0 Å². The van der Waals surface area contributed by atoms with Crippen LogP contribution >= 0.6 is 0 Å². The minimum absolute atomic E-state index is 0.111. The minimum atomic E-state index is -4.66. The van der Waals surface area contributed by atoms with Crippen molar-refractivity contribution in [3.8, 4) is 0 Å². The number of carbonyl (C=O) groups excluding carboxylic acids is 1. The van der Waals surface area contributed by atoms with Crippen molar-refractivity contribution in [2.75, 3.05) is 18.0 Å². The molecule has 1 aromatic carbocycles. The van der Waals surface area contributed by atoms with Gasteiger partial charge in [0.2, 0.25) is 5.91 Å². The predicted octanol–water partition coefficient (Wildman–Crippen LogP) is 3.99. The number of benzene rings is 1. The number of fused-ring (bicyclic) bond motifs is 1. The number of rotatable bonds is 4. The molecule has 5 nitrogen and oxygen atoms in total. The first kappa shape index (κ1) is 20.7. The zero-order valence-electron chi connectivity index (χ0n) is 14.9. The second kappa shape index (κ2) is 7.45. The molecule has 0 unspecified atom stereocenters. The summed E-state index contributed by atoms with van der Waals surface area (Å²) >= 11 is 0. The van der Waals surface area contributed by atoms with Crippen molar-refractivity contribution >= 4 is 17.4 Å². The molecular formula is C18H16F6N4O. The lowest BCUT2D eigenvalue weighted by molar-refractivity contribution is -0.141. The first-order valence-electron chi connectivity index (χ1n) is 8.49. The largest absolute Gasteiger partial charge is 0.435 e. The Balaban J connectivity index is 1.94. The summed E-state index contributed by atoms with van der Waals surface area (Å²) in [4.78, 5) is 12.9. The zero-order chi connectivity index (χ0) is 21.4. The van der Waals surface area contributed by atoms with E-state index >= 15 is 0 Å². The average molecular weight is 418 g/mol. The van der Waals surface area contributed by atoms with Gasteiger partial charge in [-0.05, 0) is 30.3 Å². The number of amides is 1. The Morgan fingerprint density at radius 3 is 2.34 bits per heavy atom. The smallest absolute Gasteiger partial charge is 0.352 e. The zero-order valence-corrected chi connectivity index (χ0v) is 14.9. The number of halogens is 6. The molecule has 0 saturated carbocycles. The van der Waals surface area contributed by atoms with Gasteiger partial charge in [-0.15, -0.1) is 0 Å². The number of aromatic nitrogens is 2. The molecule has 0 fully saturated rings. The van der Waals surface area contributed by atoms with Crippen molar-refractivity contribution in [3.05, 3.63) is 54.2 Å². The maximum absolute atomic E-state index is 13.1. The van der Waals surface area contributed by atoms with Gasteiger partial charge >= 0.3 is 12.4 Å². The molecule has 1 aliphatic rings. The van der Waals surface area contributed by atoms with E-state index in [-0.39, 0.29) is 37.1 Å². The molecule has 3 rings (SSSR count). The molecule has 0 saturated heterocycles.